The van der Waals surface area contributed by atoms with Crippen LogP contribution in [0.4, 0.5) is 0 Å². The van der Waals surface area contributed by atoms with Gasteiger partial charge in [0.15, 0.2) is 0 Å². The number of allylic oxidation sites excluding steroid dienone is 4. The summed E-state index contributed by atoms with van der Waals surface area (Å²) in [5.74, 6) is -0.0693. The molecule has 360 valence electrons. The minimum Gasteiger partial charge on any atom is -0.466 e. The van der Waals surface area contributed by atoms with Gasteiger partial charge in [0.1, 0.15) is 0 Å². The topological polar surface area (TPSA) is 95.9 Å². The maximum Gasteiger partial charge on any atom is 0.305 e. The van der Waals surface area contributed by atoms with Gasteiger partial charge in [-0.2, -0.15) is 0 Å². The molecule has 0 aliphatic heterocycles. The van der Waals surface area contributed by atoms with Gasteiger partial charge in [-0.1, -0.05) is 224 Å². The zero-order valence-corrected chi connectivity index (χ0v) is 40.9. The molecule has 0 aliphatic carbocycles. The summed E-state index contributed by atoms with van der Waals surface area (Å²) in [7, 11) is 0. The maximum absolute atomic E-state index is 12.5. The molecule has 0 heterocycles. The van der Waals surface area contributed by atoms with Crippen LogP contribution in [0.2, 0.25) is 0 Å². The number of aliphatic hydroxyl groups is 2. The predicted octanol–water partition coefficient (Wildman–Crippen LogP) is 16.3. The number of hydrogen-bond donors (Lipinski definition) is 3. The second-order valence-electron chi connectivity index (χ2n) is 18.6. The van der Waals surface area contributed by atoms with E-state index >= 15 is 0 Å². The van der Waals surface area contributed by atoms with Crippen LogP contribution in [0.25, 0.3) is 0 Å². The molecular weight excluding hydrogens is 755 g/mol. The second kappa shape index (κ2) is 51.0. The highest BCUT2D eigenvalue weighted by atomic mass is 16.5. The van der Waals surface area contributed by atoms with Crippen molar-refractivity contribution < 1.29 is 24.5 Å². The van der Waals surface area contributed by atoms with E-state index in [1.807, 2.05) is 0 Å². The first-order valence-corrected chi connectivity index (χ1v) is 27.1. The molecule has 61 heavy (non-hydrogen) atoms. The Bertz CT molecular complexity index is 951. The lowest BCUT2D eigenvalue weighted by Gasteiger charge is -2.22. The summed E-state index contributed by atoms with van der Waals surface area (Å²) in [6, 6.07) is -0.553. The molecule has 0 spiro atoms. The largest absolute Gasteiger partial charge is 0.466 e. The molecule has 0 saturated carbocycles. The van der Waals surface area contributed by atoms with Crippen LogP contribution in [-0.4, -0.2) is 47.4 Å². The van der Waals surface area contributed by atoms with Crippen LogP contribution in [0.15, 0.2) is 24.3 Å². The number of ether oxygens (including phenoxy) is 1. The summed E-state index contributed by atoms with van der Waals surface area (Å²) < 4.78 is 5.44. The van der Waals surface area contributed by atoms with Gasteiger partial charge in [0, 0.05) is 12.8 Å². The molecule has 6 nitrogen and oxygen atoms in total. The minimum atomic E-state index is -0.674. The molecule has 0 fully saturated rings. The van der Waals surface area contributed by atoms with E-state index in [0.717, 1.165) is 70.6 Å². The van der Waals surface area contributed by atoms with Crippen molar-refractivity contribution in [2.75, 3.05) is 13.2 Å². The van der Waals surface area contributed by atoms with Gasteiger partial charge in [0.2, 0.25) is 5.91 Å². The smallest absolute Gasteiger partial charge is 0.305 e. The standard InChI is InChI=1S/C55H105NO5/c1-3-5-7-9-11-13-15-17-18-19-21-24-27-31-35-39-43-47-53(58)52(51-57)56-54(59)48-44-40-36-32-28-25-22-20-23-26-30-34-38-42-46-50-61-55(60)49-45-41-37-33-29-16-14-12-10-8-6-4-2/h12,14,23,26,52-53,57-58H,3-11,13,15-22,24-25,27-51H2,1-2H3,(H,56,59)/b14-12-,26-23-. The number of carbonyl (C=O) groups is 2. The van der Waals surface area contributed by atoms with Gasteiger partial charge in [0.05, 0.1) is 25.4 Å². The van der Waals surface area contributed by atoms with Crippen molar-refractivity contribution in [1.29, 1.82) is 0 Å². The lowest BCUT2D eigenvalue weighted by Crippen LogP contribution is -2.45. The van der Waals surface area contributed by atoms with Crippen LogP contribution < -0.4 is 5.32 Å². The third-order valence-corrected chi connectivity index (χ3v) is 12.5. The molecule has 0 rings (SSSR count). The van der Waals surface area contributed by atoms with E-state index in [4.69, 9.17) is 4.74 Å². The number of hydrogen-bond acceptors (Lipinski definition) is 5. The molecular formula is C55H105NO5. The van der Waals surface area contributed by atoms with E-state index in [1.165, 1.54) is 186 Å². The lowest BCUT2D eigenvalue weighted by atomic mass is 10.0. The van der Waals surface area contributed by atoms with Crippen molar-refractivity contribution in [3.63, 3.8) is 0 Å². The number of rotatable bonds is 50. The molecule has 2 atom stereocenters. The molecule has 0 aromatic carbocycles. The fourth-order valence-corrected chi connectivity index (χ4v) is 8.28. The molecule has 1 amide bonds. The number of carbonyl (C=O) groups excluding carboxylic acids is 2. The Labute approximate surface area is 380 Å². The third-order valence-electron chi connectivity index (χ3n) is 12.5. The molecule has 0 bridgehead atoms. The van der Waals surface area contributed by atoms with Crippen LogP contribution in [0, 0.1) is 0 Å². The zero-order valence-electron chi connectivity index (χ0n) is 40.9. The van der Waals surface area contributed by atoms with Crippen LogP contribution in [0.3, 0.4) is 0 Å². The van der Waals surface area contributed by atoms with Gasteiger partial charge >= 0.3 is 5.97 Å². The van der Waals surface area contributed by atoms with E-state index in [-0.39, 0.29) is 18.5 Å². The van der Waals surface area contributed by atoms with Crippen molar-refractivity contribution in [2.24, 2.45) is 0 Å². The first-order valence-electron chi connectivity index (χ1n) is 27.1. The van der Waals surface area contributed by atoms with Gasteiger partial charge < -0.3 is 20.3 Å². The van der Waals surface area contributed by atoms with Crippen molar-refractivity contribution >= 4 is 11.9 Å². The molecule has 0 radical (unpaired) electrons. The Morgan fingerprint density at radius 1 is 0.443 bits per heavy atom. The summed E-state index contributed by atoms with van der Waals surface area (Å²) in [5, 5.41) is 23.3. The summed E-state index contributed by atoms with van der Waals surface area (Å²) in [4.78, 5) is 24.5. The molecule has 0 aromatic rings. The molecule has 0 aliphatic rings. The molecule has 0 aromatic heterocycles. The molecule has 6 heteroatoms. The van der Waals surface area contributed by atoms with Crippen LogP contribution in [0.1, 0.15) is 290 Å². The molecule has 0 saturated heterocycles. The van der Waals surface area contributed by atoms with Gasteiger partial charge in [-0.05, 0) is 77.0 Å². The summed E-state index contributed by atoms with van der Waals surface area (Å²) >= 11 is 0. The SMILES string of the molecule is CCCCC/C=C\CCCCCCCC(=O)OCCCCCC/C=C\CCCCCCCCCC(=O)NC(CO)C(O)CCCCCCCCCCCCCCCCCCC. The number of nitrogens with one attached hydrogen (secondary N) is 1. The Hall–Kier alpha value is -1.66. The summed E-state index contributed by atoms with van der Waals surface area (Å²) in [6.45, 7) is 4.90. The van der Waals surface area contributed by atoms with Crippen molar-refractivity contribution in [2.45, 2.75) is 302 Å². The first kappa shape index (κ1) is 59.3. The summed E-state index contributed by atoms with van der Waals surface area (Å²) in [5.41, 5.74) is 0. The monoisotopic (exact) mass is 860 g/mol. The highest BCUT2D eigenvalue weighted by molar-refractivity contribution is 5.76. The van der Waals surface area contributed by atoms with Crippen LogP contribution >= 0.6 is 0 Å². The van der Waals surface area contributed by atoms with E-state index in [1.54, 1.807) is 0 Å². The van der Waals surface area contributed by atoms with Crippen molar-refractivity contribution in [3.05, 3.63) is 24.3 Å². The van der Waals surface area contributed by atoms with E-state index < -0.39 is 12.1 Å². The van der Waals surface area contributed by atoms with Crippen molar-refractivity contribution in [1.82, 2.24) is 5.32 Å². The highest BCUT2D eigenvalue weighted by Crippen LogP contribution is 2.16. The van der Waals surface area contributed by atoms with E-state index in [9.17, 15) is 19.8 Å². The van der Waals surface area contributed by atoms with Gasteiger partial charge in [-0.15, -0.1) is 0 Å². The maximum atomic E-state index is 12.5. The Morgan fingerprint density at radius 2 is 0.770 bits per heavy atom. The van der Waals surface area contributed by atoms with Gasteiger partial charge in [0.25, 0.3) is 0 Å². The lowest BCUT2D eigenvalue weighted by molar-refractivity contribution is -0.143. The Kier molecular flexibility index (Phi) is 49.6. The average molecular weight is 860 g/mol. The van der Waals surface area contributed by atoms with Crippen LogP contribution in [-0.2, 0) is 14.3 Å². The fraction of sp³-hybridized carbons (Fsp3) is 0.891. The first-order chi connectivity index (χ1) is 30.0. The average Bonchev–Trinajstić information content (AvgIpc) is 3.26. The predicted molar refractivity (Wildman–Crippen MR) is 264 cm³/mol. The van der Waals surface area contributed by atoms with Gasteiger partial charge in [-0.25, -0.2) is 0 Å². The number of amides is 1. The molecule has 3 N–H and O–H groups in total. The number of aliphatic hydroxyl groups excluding tert-OH is 2. The molecule has 2 unspecified atom stereocenters. The van der Waals surface area contributed by atoms with Crippen LogP contribution in [0.5, 0.6) is 0 Å². The van der Waals surface area contributed by atoms with Crippen molar-refractivity contribution in [3.8, 4) is 0 Å². The number of esters is 1. The summed E-state index contributed by atoms with van der Waals surface area (Å²) in [6.07, 6.45) is 60.1. The third kappa shape index (κ3) is 47.7. The normalized spacial score (nSPS) is 12.8. The minimum absolute atomic E-state index is 0.0201. The van der Waals surface area contributed by atoms with Gasteiger partial charge in [-0.3, -0.25) is 9.59 Å². The highest BCUT2D eigenvalue weighted by Gasteiger charge is 2.20. The number of unbranched alkanes of at least 4 members (excludes halogenated alkanes) is 35. The Morgan fingerprint density at radius 3 is 1.20 bits per heavy atom. The second-order valence-corrected chi connectivity index (χ2v) is 18.6. The zero-order chi connectivity index (χ0) is 44.4. The fourth-order valence-electron chi connectivity index (χ4n) is 8.28. The van der Waals surface area contributed by atoms with E-state index in [2.05, 4.69) is 43.5 Å². The quantitative estimate of drug-likeness (QED) is 0.0322. The Balaban J connectivity index is 3.49. The van der Waals surface area contributed by atoms with E-state index in [0.29, 0.717) is 25.9 Å².